The number of carbonyl (C=O) groups excluding carboxylic acids is 1. The van der Waals surface area contributed by atoms with Crippen LogP contribution < -0.4 is 15.1 Å². The fraction of sp³-hybridized carbons (Fsp3) is 0.273. The molecule has 1 aliphatic rings. The normalized spacial score (nSPS) is 14.2. The molecule has 1 amide bonds. The lowest BCUT2D eigenvalue weighted by Gasteiger charge is -2.37. The van der Waals surface area contributed by atoms with Gasteiger partial charge in [0, 0.05) is 43.8 Å². The van der Waals surface area contributed by atoms with E-state index < -0.39 is 0 Å². The number of piperazine rings is 1. The summed E-state index contributed by atoms with van der Waals surface area (Å²) in [6.45, 7) is 6.19. The molecule has 1 aromatic carbocycles. The van der Waals surface area contributed by atoms with Crippen molar-refractivity contribution in [2.24, 2.45) is 0 Å². The number of nitrogens with one attached hydrogen (secondary N) is 1. The molecule has 0 spiro atoms. The summed E-state index contributed by atoms with van der Waals surface area (Å²) in [4.78, 5) is 21.3. The predicted molar refractivity (Wildman–Crippen MR) is 110 cm³/mol. The van der Waals surface area contributed by atoms with Gasteiger partial charge in [0.05, 0.1) is 12.8 Å². The molecule has 1 aliphatic heterocycles. The average Bonchev–Trinajstić information content (AvgIpc) is 3.26. The highest BCUT2D eigenvalue weighted by Gasteiger charge is 2.19. The summed E-state index contributed by atoms with van der Waals surface area (Å²) in [6.07, 6.45) is 3.29. The minimum absolute atomic E-state index is 0.198. The van der Waals surface area contributed by atoms with E-state index in [0.29, 0.717) is 12.2 Å². The summed E-state index contributed by atoms with van der Waals surface area (Å²) >= 11 is 0. The molecule has 28 heavy (non-hydrogen) atoms. The van der Waals surface area contributed by atoms with Crippen LogP contribution in [0.3, 0.4) is 0 Å². The molecule has 0 saturated carbocycles. The van der Waals surface area contributed by atoms with Crippen LogP contribution in [0.2, 0.25) is 0 Å². The van der Waals surface area contributed by atoms with Gasteiger partial charge in [0.15, 0.2) is 0 Å². The Bertz CT molecular complexity index is 931. The highest BCUT2D eigenvalue weighted by Crippen LogP contribution is 2.21. The van der Waals surface area contributed by atoms with E-state index in [1.807, 2.05) is 18.2 Å². The number of aryl methyl sites for hydroxylation is 1. The maximum atomic E-state index is 12.4. The number of rotatable bonds is 5. The number of amides is 1. The van der Waals surface area contributed by atoms with Gasteiger partial charge in [-0.3, -0.25) is 9.78 Å². The summed E-state index contributed by atoms with van der Waals surface area (Å²) < 4.78 is 5.24. The topological polar surface area (TPSA) is 61.6 Å². The second kappa shape index (κ2) is 8.17. The maximum Gasteiger partial charge on any atom is 0.270 e. The molecule has 1 N–H and O–H groups in total. The van der Waals surface area contributed by atoms with Gasteiger partial charge in [0.25, 0.3) is 5.91 Å². The van der Waals surface area contributed by atoms with E-state index in [2.05, 4.69) is 51.3 Å². The first kappa shape index (κ1) is 18.1. The van der Waals surface area contributed by atoms with Crippen LogP contribution in [0.1, 0.15) is 21.8 Å². The van der Waals surface area contributed by atoms with Crippen LogP contribution in [0, 0.1) is 6.92 Å². The van der Waals surface area contributed by atoms with E-state index in [1.165, 1.54) is 11.3 Å². The molecular formula is C22H24N4O2. The first-order valence-electron chi connectivity index (χ1n) is 9.52. The highest BCUT2D eigenvalue weighted by molar-refractivity contribution is 5.93. The molecule has 4 rings (SSSR count). The first-order valence-corrected chi connectivity index (χ1v) is 9.52. The number of aromatic nitrogens is 1. The lowest BCUT2D eigenvalue weighted by molar-refractivity contribution is 0.0943. The molecular weight excluding hydrogens is 352 g/mol. The molecule has 1 saturated heterocycles. The number of pyridine rings is 1. The van der Waals surface area contributed by atoms with E-state index in [1.54, 1.807) is 18.5 Å². The van der Waals surface area contributed by atoms with Crippen molar-refractivity contribution in [2.45, 2.75) is 13.5 Å². The zero-order chi connectivity index (χ0) is 19.3. The number of hydrogen-bond acceptors (Lipinski definition) is 5. The minimum Gasteiger partial charge on any atom is -0.467 e. The molecule has 0 atom stereocenters. The summed E-state index contributed by atoms with van der Waals surface area (Å²) in [5, 5.41) is 2.84. The molecule has 0 bridgehead atoms. The van der Waals surface area contributed by atoms with Gasteiger partial charge in [-0.2, -0.15) is 0 Å². The van der Waals surface area contributed by atoms with Crippen molar-refractivity contribution in [3.63, 3.8) is 0 Å². The molecule has 6 heteroatoms. The molecule has 6 nitrogen and oxygen atoms in total. The standard InChI is InChI=1S/C22H24N4O2/c1-17-4-2-5-18(14-17)25-9-11-26(12-10-25)19-7-8-23-21(15-19)22(27)24-16-20-6-3-13-28-20/h2-8,13-15H,9-12,16H2,1H3,(H,24,27). The van der Waals surface area contributed by atoms with E-state index in [9.17, 15) is 4.79 Å². The largest absolute Gasteiger partial charge is 0.467 e. The molecule has 1 fully saturated rings. The smallest absolute Gasteiger partial charge is 0.270 e. The molecule has 144 valence electrons. The van der Waals surface area contributed by atoms with Crippen LogP contribution in [0.5, 0.6) is 0 Å². The van der Waals surface area contributed by atoms with Crippen LogP contribution in [-0.2, 0) is 6.54 Å². The molecule has 3 aromatic rings. The summed E-state index contributed by atoms with van der Waals surface area (Å²) in [5.41, 5.74) is 4.00. The number of carbonyl (C=O) groups is 1. The van der Waals surface area contributed by atoms with Crippen LogP contribution in [0.25, 0.3) is 0 Å². The van der Waals surface area contributed by atoms with Gasteiger partial charge in [0.2, 0.25) is 0 Å². The fourth-order valence-corrected chi connectivity index (χ4v) is 3.46. The van der Waals surface area contributed by atoms with Crippen LogP contribution >= 0.6 is 0 Å². The van der Waals surface area contributed by atoms with Crippen molar-refractivity contribution >= 4 is 17.3 Å². The van der Waals surface area contributed by atoms with Gasteiger partial charge in [-0.25, -0.2) is 0 Å². The number of anilines is 2. The predicted octanol–water partition coefficient (Wildman–Crippen LogP) is 3.24. The van der Waals surface area contributed by atoms with Gasteiger partial charge >= 0.3 is 0 Å². The third-order valence-electron chi connectivity index (χ3n) is 4.99. The molecule has 0 radical (unpaired) electrons. The Hall–Kier alpha value is -3.28. The SMILES string of the molecule is Cc1cccc(N2CCN(c3ccnc(C(=O)NCc4ccco4)c3)CC2)c1. The first-order chi connectivity index (χ1) is 13.7. The van der Waals surface area contributed by atoms with Gasteiger partial charge in [-0.1, -0.05) is 12.1 Å². The number of nitrogens with zero attached hydrogens (tertiary/aromatic N) is 3. The van der Waals surface area contributed by atoms with Crippen molar-refractivity contribution < 1.29 is 9.21 Å². The van der Waals surface area contributed by atoms with Gasteiger partial charge < -0.3 is 19.5 Å². The monoisotopic (exact) mass is 376 g/mol. The Labute approximate surface area is 164 Å². The van der Waals surface area contributed by atoms with Gasteiger partial charge in [0.1, 0.15) is 11.5 Å². The van der Waals surface area contributed by atoms with Crippen molar-refractivity contribution in [1.82, 2.24) is 10.3 Å². The zero-order valence-electron chi connectivity index (χ0n) is 16.0. The summed E-state index contributed by atoms with van der Waals surface area (Å²) in [7, 11) is 0. The van der Waals surface area contributed by atoms with E-state index in [0.717, 1.165) is 37.6 Å². The highest BCUT2D eigenvalue weighted by atomic mass is 16.3. The van der Waals surface area contributed by atoms with Crippen molar-refractivity contribution in [1.29, 1.82) is 0 Å². The number of furan rings is 1. The molecule has 2 aromatic heterocycles. The van der Waals surface area contributed by atoms with Gasteiger partial charge in [-0.05, 0) is 48.9 Å². The maximum absolute atomic E-state index is 12.4. The quantitative estimate of drug-likeness (QED) is 0.741. The lowest BCUT2D eigenvalue weighted by Crippen LogP contribution is -2.46. The Morgan fingerprint density at radius 2 is 1.79 bits per heavy atom. The Morgan fingerprint density at radius 1 is 1.04 bits per heavy atom. The second-order valence-electron chi connectivity index (χ2n) is 6.97. The summed E-state index contributed by atoms with van der Waals surface area (Å²) in [5.74, 6) is 0.522. The average molecular weight is 376 g/mol. The molecule has 3 heterocycles. The zero-order valence-corrected chi connectivity index (χ0v) is 16.0. The lowest BCUT2D eigenvalue weighted by atomic mass is 10.2. The molecule has 0 aliphatic carbocycles. The van der Waals surface area contributed by atoms with Crippen molar-refractivity contribution in [3.8, 4) is 0 Å². The molecule has 0 unspecified atom stereocenters. The fourth-order valence-electron chi connectivity index (χ4n) is 3.46. The minimum atomic E-state index is -0.198. The van der Waals surface area contributed by atoms with E-state index >= 15 is 0 Å². The Kier molecular flexibility index (Phi) is 5.28. The van der Waals surface area contributed by atoms with Crippen molar-refractivity contribution in [2.75, 3.05) is 36.0 Å². The van der Waals surface area contributed by atoms with Crippen LogP contribution in [-0.4, -0.2) is 37.1 Å². The second-order valence-corrected chi connectivity index (χ2v) is 6.97. The van der Waals surface area contributed by atoms with Gasteiger partial charge in [-0.15, -0.1) is 0 Å². The third kappa shape index (κ3) is 4.17. The van der Waals surface area contributed by atoms with Crippen molar-refractivity contribution in [3.05, 3.63) is 78.0 Å². The number of benzene rings is 1. The van der Waals surface area contributed by atoms with E-state index in [4.69, 9.17) is 4.42 Å². The summed E-state index contributed by atoms with van der Waals surface area (Å²) in [6, 6.07) is 16.1. The van der Waals surface area contributed by atoms with Crippen LogP contribution in [0.15, 0.2) is 65.4 Å². The van der Waals surface area contributed by atoms with Crippen LogP contribution in [0.4, 0.5) is 11.4 Å². The Morgan fingerprint density at radius 3 is 2.46 bits per heavy atom. The number of hydrogen-bond donors (Lipinski definition) is 1. The Balaban J connectivity index is 1.37. The third-order valence-corrected chi connectivity index (χ3v) is 4.99. The van der Waals surface area contributed by atoms with E-state index in [-0.39, 0.29) is 5.91 Å².